The first-order chi connectivity index (χ1) is 14.0. The van der Waals surface area contributed by atoms with Crippen LogP contribution >= 0.6 is 0 Å². The summed E-state index contributed by atoms with van der Waals surface area (Å²) >= 11 is 0. The van der Waals surface area contributed by atoms with Crippen molar-refractivity contribution in [2.45, 2.75) is 70.6 Å². The molecular weight excluding hydrogens is 386 g/mol. The lowest BCUT2D eigenvalue weighted by Gasteiger charge is -2.19. The van der Waals surface area contributed by atoms with Gasteiger partial charge in [0.2, 0.25) is 9.84 Å². The summed E-state index contributed by atoms with van der Waals surface area (Å²) < 4.78 is 38.0. The molecule has 0 spiro atoms. The van der Waals surface area contributed by atoms with E-state index in [1.165, 1.54) is 5.41 Å². The number of benzene rings is 1. The molecule has 2 aliphatic rings. The maximum atomic E-state index is 13.3. The van der Waals surface area contributed by atoms with E-state index in [0.29, 0.717) is 42.4 Å². The number of fused-ring (bicyclic) bond motifs is 1. The van der Waals surface area contributed by atoms with E-state index in [-0.39, 0.29) is 4.90 Å². The molecule has 0 saturated heterocycles. The fraction of sp³-hybridized carbons (Fsp3) is 0.522. The highest BCUT2D eigenvalue weighted by atomic mass is 32.2. The summed E-state index contributed by atoms with van der Waals surface area (Å²) in [6, 6.07) is 3.41. The van der Waals surface area contributed by atoms with Gasteiger partial charge in [0, 0.05) is 11.6 Å². The molecule has 29 heavy (non-hydrogen) atoms. The van der Waals surface area contributed by atoms with Crippen molar-refractivity contribution in [3.05, 3.63) is 40.5 Å². The van der Waals surface area contributed by atoms with Crippen molar-refractivity contribution in [2.24, 2.45) is 4.99 Å². The topological polar surface area (TPSA) is 65.0 Å². The van der Waals surface area contributed by atoms with Crippen LogP contribution < -0.4 is 9.47 Å². The second-order valence-corrected chi connectivity index (χ2v) is 9.12. The van der Waals surface area contributed by atoms with Crippen LogP contribution in [0.15, 0.2) is 44.8 Å². The number of ether oxygens (including phenoxy) is 2. The van der Waals surface area contributed by atoms with E-state index in [2.05, 4.69) is 13.0 Å². The molecule has 1 heterocycles. The van der Waals surface area contributed by atoms with Crippen LogP contribution in [0, 0.1) is 0 Å². The Morgan fingerprint density at radius 3 is 2.38 bits per heavy atom. The number of rotatable bonds is 8. The third kappa shape index (κ3) is 4.92. The maximum absolute atomic E-state index is 13.3. The molecule has 1 aliphatic carbocycles. The molecule has 5 nitrogen and oxygen atoms in total. The minimum Gasteiger partial charge on any atom is -0.490 e. The lowest BCUT2D eigenvalue weighted by molar-refractivity contribution is 0.287. The number of sulfone groups is 1. The summed E-state index contributed by atoms with van der Waals surface area (Å²) in [4.78, 5) is 5.14. The molecule has 1 aromatic carbocycles. The van der Waals surface area contributed by atoms with Gasteiger partial charge in [-0.15, -0.1) is 0 Å². The molecule has 0 saturated carbocycles. The second kappa shape index (κ2) is 9.61. The molecule has 1 aromatic rings. The lowest BCUT2D eigenvalue weighted by Crippen LogP contribution is -2.13. The van der Waals surface area contributed by atoms with Crippen molar-refractivity contribution in [1.82, 2.24) is 0 Å². The van der Waals surface area contributed by atoms with E-state index in [1.807, 2.05) is 13.8 Å². The first-order valence-electron chi connectivity index (χ1n) is 10.7. The quantitative estimate of drug-likeness (QED) is 0.553. The van der Waals surface area contributed by atoms with Gasteiger partial charge in [0.15, 0.2) is 11.5 Å². The predicted molar refractivity (Wildman–Crippen MR) is 117 cm³/mol. The monoisotopic (exact) mass is 417 g/mol. The van der Waals surface area contributed by atoms with Crippen LogP contribution in [0.5, 0.6) is 11.5 Å². The SMILES string of the molecule is CCCCC1=CS(=O)(=O)c2cc(OCC)c(OCC)cc2C(C2=CCCCC2)=N1. The normalized spacial score (nSPS) is 18.1. The van der Waals surface area contributed by atoms with Gasteiger partial charge in [-0.1, -0.05) is 19.4 Å². The Balaban J connectivity index is 2.24. The summed E-state index contributed by atoms with van der Waals surface area (Å²) in [6.07, 6.45) is 8.92. The van der Waals surface area contributed by atoms with Crippen LogP contribution in [-0.4, -0.2) is 27.3 Å². The molecule has 0 bridgehead atoms. The third-order valence-electron chi connectivity index (χ3n) is 5.14. The van der Waals surface area contributed by atoms with Crippen LogP contribution in [0.4, 0.5) is 0 Å². The Hall–Kier alpha value is -2.08. The highest BCUT2D eigenvalue weighted by Gasteiger charge is 2.28. The average Bonchev–Trinajstić information content (AvgIpc) is 2.82. The standard InChI is InChI=1S/C23H31NO4S/c1-4-7-13-18-16-29(25,26)22-15-21(28-6-3)20(27-5-2)14-19(22)23(24-18)17-11-9-8-10-12-17/h11,14-16H,4-10,12-13H2,1-3H3. The predicted octanol–water partition coefficient (Wildman–Crippen LogP) is 5.59. The van der Waals surface area contributed by atoms with Gasteiger partial charge in [-0.3, -0.25) is 4.99 Å². The van der Waals surface area contributed by atoms with Crippen LogP contribution in [0.3, 0.4) is 0 Å². The van der Waals surface area contributed by atoms with Gasteiger partial charge < -0.3 is 9.47 Å². The fourth-order valence-electron chi connectivity index (χ4n) is 3.74. The van der Waals surface area contributed by atoms with Crippen LogP contribution in [0.25, 0.3) is 0 Å². The van der Waals surface area contributed by atoms with Crippen molar-refractivity contribution in [3.8, 4) is 11.5 Å². The molecule has 0 fully saturated rings. The second-order valence-electron chi connectivity index (χ2n) is 7.35. The number of unbranched alkanes of at least 4 members (excludes halogenated alkanes) is 1. The van der Waals surface area contributed by atoms with Gasteiger partial charge in [-0.2, -0.15) is 0 Å². The molecule has 0 radical (unpaired) electrons. The fourth-order valence-corrected chi connectivity index (χ4v) is 5.13. The minimum atomic E-state index is -3.64. The molecule has 0 amide bonds. The highest BCUT2D eigenvalue weighted by Crippen LogP contribution is 2.38. The number of hydrogen-bond donors (Lipinski definition) is 0. The molecule has 158 valence electrons. The smallest absolute Gasteiger partial charge is 0.202 e. The van der Waals surface area contributed by atoms with Crippen molar-refractivity contribution in [3.63, 3.8) is 0 Å². The van der Waals surface area contributed by atoms with E-state index < -0.39 is 9.84 Å². The molecule has 0 atom stereocenters. The zero-order valence-corrected chi connectivity index (χ0v) is 18.5. The zero-order valence-electron chi connectivity index (χ0n) is 17.7. The van der Waals surface area contributed by atoms with Gasteiger partial charge in [0.25, 0.3) is 0 Å². The maximum Gasteiger partial charge on any atom is 0.202 e. The van der Waals surface area contributed by atoms with Crippen LogP contribution in [0.2, 0.25) is 0 Å². The Morgan fingerprint density at radius 1 is 1.03 bits per heavy atom. The van der Waals surface area contributed by atoms with Gasteiger partial charge in [-0.05, 0) is 64.0 Å². The molecule has 1 aliphatic heterocycles. The number of allylic oxidation sites excluding steroid dienone is 3. The molecule has 0 unspecified atom stereocenters. The zero-order chi connectivity index (χ0) is 20.9. The van der Waals surface area contributed by atoms with Crippen molar-refractivity contribution in [2.75, 3.05) is 13.2 Å². The first-order valence-corrected chi connectivity index (χ1v) is 12.2. The summed E-state index contributed by atoms with van der Waals surface area (Å²) in [7, 11) is -3.64. The molecule has 3 rings (SSSR count). The van der Waals surface area contributed by atoms with Gasteiger partial charge in [0.1, 0.15) is 0 Å². The first kappa shape index (κ1) is 21.6. The Labute approximate surface area is 174 Å². The van der Waals surface area contributed by atoms with Crippen molar-refractivity contribution in [1.29, 1.82) is 0 Å². The minimum absolute atomic E-state index is 0.251. The summed E-state index contributed by atoms with van der Waals surface area (Å²) in [5.74, 6) is 1.02. The van der Waals surface area contributed by atoms with Gasteiger partial charge in [-0.25, -0.2) is 8.42 Å². The molecule has 6 heteroatoms. The largest absolute Gasteiger partial charge is 0.490 e. The third-order valence-corrected chi connectivity index (χ3v) is 6.67. The Morgan fingerprint density at radius 2 is 1.76 bits per heavy atom. The van der Waals surface area contributed by atoms with Crippen molar-refractivity contribution < 1.29 is 17.9 Å². The summed E-state index contributed by atoms with van der Waals surface area (Å²) in [6.45, 7) is 6.78. The summed E-state index contributed by atoms with van der Waals surface area (Å²) in [5.41, 5.74) is 3.14. The molecule has 0 N–H and O–H groups in total. The average molecular weight is 418 g/mol. The van der Waals surface area contributed by atoms with Gasteiger partial charge in [0.05, 0.1) is 34.9 Å². The number of nitrogens with zero attached hydrogens (tertiary/aromatic N) is 1. The van der Waals surface area contributed by atoms with Crippen molar-refractivity contribution >= 4 is 15.5 Å². The lowest BCUT2D eigenvalue weighted by atomic mass is 9.92. The Bertz CT molecular complexity index is 942. The van der Waals surface area contributed by atoms with E-state index in [0.717, 1.165) is 49.8 Å². The van der Waals surface area contributed by atoms with E-state index in [9.17, 15) is 8.42 Å². The van der Waals surface area contributed by atoms with E-state index >= 15 is 0 Å². The Kier molecular flexibility index (Phi) is 7.17. The van der Waals surface area contributed by atoms with Gasteiger partial charge >= 0.3 is 0 Å². The number of hydrogen-bond acceptors (Lipinski definition) is 5. The molecule has 0 aromatic heterocycles. The summed E-state index contributed by atoms with van der Waals surface area (Å²) in [5, 5.41) is 1.34. The van der Waals surface area contributed by atoms with Crippen LogP contribution in [0.1, 0.15) is 71.3 Å². The highest BCUT2D eigenvalue weighted by molar-refractivity contribution is 7.94. The number of aliphatic imine (C=N–C) groups is 1. The van der Waals surface area contributed by atoms with E-state index in [1.54, 1.807) is 12.1 Å². The van der Waals surface area contributed by atoms with E-state index in [4.69, 9.17) is 14.5 Å². The van der Waals surface area contributed by atoms with Crippen LogP contribution in [-0.2, 0) is 9.84 Å². The molecular formula is C23H31NO4S.